The van der Waals surface area contributed by atoms with Gasteiger partial charge >= 0.3 is 0 Å². The number of benzene rings is 1. The highest BCUT2D eigenvalue weighted by atomic mass is 16.2. The van der Waals surface area contributed by atoms with Gasteiger partial charge in [-0.3, -0.25) is 9.69 Å². The quantitative estimate of drug-likeness (QED) is 0.916. The third-order valence-corrected chi connectivity index (χ3v) is 4.09. The average molecular weight is 274 g/mol. The molecular weight excluding hydrogens is 248 g/mol. The van der Waals surface area contributed by atoms with Crippen LogP contribution in [0.4, 0.5) is 5.69 Å². The SMILES string of the molecule is CC(C(=O)Nc1ccc(C(C)(C)C)cc1)N1CCCC1. The van der Waals surface area contributed by atoms with E-state index in [0.717, 1.165) is 18.8 Å². The van der Waals surface area contributed by atoms with Crippen LogP contribution >= 0.6 is 0 Å². The van der Waals surface area contributed by atoms with Crippen molar-refractivity contribution < 1.29 is 4.79 Å². The fraction of sp³-hybridized carbons (Fsp3) is 0.588. The molecule has 1 atom stereocenters. The van der Waals surface area contributed by atoms with Gasteiger partial charge in [0.15, 0.2) is 0 Å². The molecule has 1 aromatic rings. The maximum atomic E-state index is 12.2. The monoisotopic (exact) mass is 274 g/mol. The largest absolute Gasteiger partial charge is 0.325 e. The van der Waals surface area contributed by atoms with Crippen LogP contribution in [-0.4, -0.2) is 29.9 Å². The first kappa shape index (κ1) is 15.0. The molecule has 2 rings (SSSR count). The van der Waals surface area contributed by atoms with Crippen molar-refractivity contribution in [2.24, 2.45) is 0 Å². The highest BCUT2D eigenvalue weighted by Crippen LogP contribution is 2.23. The molecule has 20 heavy (non-hydrogen) atoms. The maximum absolute atomic E-state index is 12.2. The third kappa shape index (κ3) is 3.60. The van der Waals surface area contributed by atoms with Crippen molar-refractivity contribution in [3.05, 3.63) is 29.8 Å². The van der Waals surface area contributed by atoms with Crippen LogP contribution in [0.5, 0.6) is 0 Å². The molecule has 1 N–H and O–H groups in total. The van der Waals surface area contributed by atoms with Crippen LogP contribution in [0.3, 0.4) is 0 Å². The molecule has 0 spiro atoms. The standard InChI is InChI=1S/C17H26N2O/c1-13(19-11-5-6-12-19)16(20)18-15-9-7-14(8-10-15)17(2,3)4/h7-10,13H,5-6,11-12H2,1-4H3,(H,18,20). The number of carbonyl (C=O) groups is 1. The van der Waals surface area contributed by atoms with Gasteiger partial charge in [0.2, 0.25) is 5.91 Å². The molecule has 1 aliphatic heterocycles. The predicted octanol–water partition coefficient (Wildman–Crippen LogP) is 3.41. The maximum Gasteiger partial charge on any atom is 0.241 e. The molecular formula is C17H26N2O. The Morgan fingerprint density at radius 3 is 2.20 bits per heavy atom. The Balaban J connectivity index is 1.97. The van der Waals surface area contributed by atoms with E-state index in [0.29, 0.717) is 0 Å². The molecule has 110 valence electrons. The second kappa shape index (κ2) is 5.96. The number of anilines is 1. The second-order valence-electron chi connectivity index (χ2n) is 6.74. The zero-order valence-corrected chi connectivity index (χ0v) is 13.1. The molecule has 1 amide bonds. The molecule has 0 saturated carbocycles. The minimum atomic E-state index is -0.0419. The van der Waals surface area contributed by atoms with E-state index in [2.05, 4.69) is 43.1 Å². The summed E-state index contributed by atoms with van der Waals surface area (Å²) in [7, 11) is 0. The average Bonchev–Trinajstić information content (AvgIpc) is 2.91. The molecule has 1 saturated heterocycles. The Morgan fingerprint density at radius 1 is 1.15 bits per heavy atom. The van der Waals surface area contributed by atoms with Gasteiger partial charge in [0, 0.05) is 5.69 Å². The van der Waals surface area contributed by atoms with Crippen LogP contribution in [-0.2, 0) is 10.2 Å². The molecule has 1 unspecified atom stereocenters. The summed E-state index contributed by atoms with van der Waals surface area (Å²) in [6.45, 7) is 10.6. The van der Waals surface area contributed by atoms with E-state index in [1.165, 1.54) is 18.4 Å². The Morgan fingerprint density at radius 2 is 1.70 bits per heavy atom. The topological polar surface area (TPSA) is 32.3 Å². The predicted molar refractivity (Wildman–Crippen MR) is 84.0 cm³/mol. The van der Waals surface area contributed by atoms with Crippen molar-refractivity contribution in [3.63, 3.8) is 0 Å². The van der Waals surface area contributed by atoms with Crippen molar-refractivity contribution in [3.8, 4) is 0 Å². The molecule has 0 aliphatic carbocycles. The molecule has 0 bridgehead atoms. The van der Waals surface area contributed by atoms with Gasteiger partial charge < -0.3 is 5.32 Å². The second-order valence-corrected chi connectivity index (χ2v) is 6.74. The lowest BCUT2D eigenvalue weighted by molar-refractivity contribution is -0.120. The molecule has 3 nitrogen and oxygen atoms in total. The lowest BCUT2D eigenvalue weighted by Crippen LogP contribution is -2.40. The number of nitrogens with one attached hydrogen (secondary N) is 1. The van der Waals surface area contributed by atoms with Gasteiger partial charge in [-0.2, -0.15) is 0 Å². The first-order valence-electron chi connectivity index (χ1n) is 7.53. The minimum absolute atomic E-state index is 0.0419. The van der Waals surface area contributed by atoms with E-state index in [-0.39, 0.29) is 17.4 Å². The molecule has 1 fully saturated rings. The van der Waals surface area contributed by atoms with E-state index < -0.39 is 0 Å². The van der Waals surface area contributed by atoms with Gasteiger partial charge in [0.05, 0.1) is 6.04 Å². The Hall–Kier alpha value is -1.35. The summed E-state index contributed by atoms with van der Waals surface area (Å²) in [5, 5.41) is 3.02. The molecule has 1 heterocycles. The van der Waals surface area contributed by atoms with Crippen molar-refractivity contribution in [1.29, 1.82) is 0 Å². The van der Waals surface area contributed by atoms with Crippen molar-refractivity contribution >= 4 is 11.6 Å². The first-order chi connectivity index (χ1) is 9.38. The van der Waals surface area contributed by atoms with Gasteiger partial charge in [-0.15, -0.1) is 0 Å². The molecule has 0 radical (unpaired) electrons. The zero-order valence-electron chi connectivity index (χ0n) is 13.1. The summed E-state index contributed by atoms with van der Waals surface area (Å²) in [6.07, 6.45) is 2.41. The summed E-state index contributed by atoms with van der Waals surface area (Å²) in [5.41, 5.74) is 2.31. The van der Waals surface area contributed by atoms with Crippen LogP contribution < -0.4 is 5.32 Å². The Bertz CT molecular complexity index is 453. The summed E-state index contributed by atoms with van der Waals surface area (Å²) < 4.78 is 0. The fourth-order valence-electron chi connectivity index (χ4n) is 2.59. The van der Waals surface area contributed by atoms with Crippen LogP contribution in [0.25, 0.3) is 0 Å². The van der Waals surface area contributed by atoms with Crippen molar-refractivity contribution in [2.75, 3.05) is 18.4 Å². The van der Waals surface area contributed by atoms with Gasteiger partial charge in [-0.25, -0.2) is 0 Å². The van der Waals surface area contributed by atoms with Crippen LogP contribution in [0.1, 0.15) is 46.1 Å². The number of hydrogen-bond acceptors (Lipinski definition) is 2. The summed E-state index contributed by atoms with van der Waals surface area (Å²) in [4.78, 5) is 14.5. The normalized spacial score (nSPS) is 18.0. The first-order valence-corrected chi connectivity index (χ1v) is 7.53. The molecule has 1 aliphatic rings. The molecule has 0 aromatic heterocycles. The number of amides is 1. The van der Waals surface area contributed by atoms with Crippen molar-refractivity contribution in [2.45, 2.75) is 52.0 Å². The lowest BCUT2D eigenvalue weighted by Gasteiger charge is -2.23. The minimum Gasteiger partial charge on any atom is -0.325 e. The van der Waals surface area contributed by atoms with Gasteiger partial charge in [0.25, 0.3) is 0 Å². The van der Waals surface area contributed by atoms with Crippen LogP contribution in [0, 0.1) is 0 Å². The number of carbonyl (C=O) groups excluding carboxylic acids is 1. The number of rotatable bonds is 3. The van der Waals surface area contributed by atoms with Crippen LogP contribution in [0.2, 0.25) is 0 Å². The summed E-state index contributed by atoms with van der Waals surface area (Å²) in [6, 6.07) is 8.14. The van der Waals surface area contributed by atoms with E-state index >= 15 is 0 Å². The summed E-state index contributed by atoms with van der Waals surface area (Å²) in [5.74, 6) is 0.0930. The van der Waals surface area contributed by atoms with E-state index in [4.69, 9.17) is 0 Å². The van der Waals surface area contributed by atoms with E-state index in [1.807, 2.05) is 19.1 Å². The summed E-state index contributed by atoms with van der Waals surface area (Å²) >= 11 is 0. The van der Waals surface area contributed by atoms with Gasteiger partial charge in [-0.1, -0.05) is 32.9 Å². The van der Waals surface area contributed by atoms with Crippen molar-refractivity contribution in [1.82, 2.24) is 4.90 Å². The zero-order chi connectivity index (χ0) is 14.8. The number of likely N-dealkylation sites (tertiary alicyclic amines) is 1. The molecule has 3 heteroatoms. The fourth-order valence-corrected chi connectivity index (χ4v) is 2.59. The van der Waals surface area contributed by atoms with E-state index in [9.17, 15) is 4.79 Å². The number of nitrogens with zero attached hydrogens (tertiary/aromatic N) is 1. The van der Waals surface area contributed by atoms with Gasteiger partial charge in [-0.05, 0) is 56.0 Å². The highest BCUT2D eigenvalue weighted by Gasteiger charge is 2.23. The highest BCUT2D eigenvalue weighted by molar-refractivity contribution is 5.94. The Labute approximate surface area is 122 Å². The van der Waals surface area contributed by atoms with E-state index in [1.54, 1.807) is 0 Å². The lowest BCUT2D eigenvalue weighted by atomic mass is 9.87. The van der Waals surface area contributed by atoms with Gasteiger partial charge in [0.1, 0.15) is 0 Å². The smallest absolute Gasteiger partial charge is 0.241 e. The Kier molecular flexibility index (Phi) is 4.48. The number of hydrogen-bond donors (Lipinski definition) is 1. The molecule has 1 aromatic carbocycles. The third-order valence-electron chi connectivity index (χ3n) is 4.09. The van der Waals surface area contributed by atoms with Crippen LogP contribution in [0.15, 0.2) is 24.3 Å².